The van der Waals surface area contributed by atoms with Gasteiger partial charge in [0.15, 0.2) is 5.76 Å². The summed E-state index contributed by atoms with van der Waals surface area (Å²) in [5.41, 5.74) is 3.99. The Labute approximate surface area is 140 Å². The van der Waals surface area contributed by atoms with E-state index in [9.17, 15) is 9.18 Å². The van der Waals surface area contributed by atoms with Crippen molar-refractivity contribution in [2.75, 3.05) is 0 Å². The normalized spacial score (nSPS) is 11.3. The lowest BCUT2D eigenvalue weighted by Gasteiger charge is -1.99. The van der Waals surface area contributed by atoms with Crippen LogP contribution < -0.4 is 5.43 Å². The smallest absolute Gasteiger partial charge is 0.307 e. The number of amides is 1. The summed E-state index contributed by atoms with van der Waals surface area (Å²) in [5.74, 6) is -0.713. The van der Waals surface area contributed by atoms with Crippen molar-refractivity contribution >= 4 is 39.0 Å². The van der Waals surface area contributed by atoms with Crippen molar-refractivity contribution < 1.29 is 13.6 Å². The number of benzene rings is 2. The van der Waals surface area contributed by atoms with Crippen molar-refractivity contribution in [3.8, 4) is 0 Å². The second-order valence-electron chi connectivity index (χ2n) is 4.92. The van der Waals surface area contributed by atoms with Crippen LogP contribution in [-0.2, 0) is 0 Å². The zero-order valence-electron chi connectivity index (χ0n) is 12.1. The van der Waals surface area contributed by atoms with Crippen LogP contribution in [-0.4, -0.2) is 12.1 Å². The Morgan fingerprint density at radius 2 is 2.09 bits per heavy atom. The summed E-state index contributed by atoms with van der Waals surface area (Å²) in [7, 11) is 0. The molecule has 2 aromatic carbocycles. The molecule has 0 saturated carbocycles. The first-order valence-corrected chi connectivity index (χ1v) is 7.62. The van der Waals surface area contributed by atoms with Crippen molar-refractivity contribution in [1.82, 2.24) is 5.43 Å². The van der Waals surface area contributed by atoms with Crippen LogP contribution in [0.4, 0.5) is 4.39 Å². The van der Waals surface area contributed by atoms with Crippen LogP contribution >= 0.6 is 15.9 Å². The van der Waals surface area contributed by atoms with Gasteiger partial charge in [-0.25, -0.2) is 9.82 Å². The molecule has 0 saturated heterocycles. The van der Waals surface area contributed by atoms with Gasteiger partial charge in [0, 0.05) is 21.0 Å². The molecular formula is C17H12BrFN2O2. The average Bonchev–Trinajstić information content (AvgIpc) is 2.88. The Kier molecular flexibility index (Phi) is 4.25. The predicted molar refractivity (Wildman–Crippen MR) is 90.1 cm³/mol. The van der Waals surface area contributed by atoms with E-state index < -0.39 is 11.7 Å². The summed E-state index contributed by atoms with van der Waals surface area (Å²) >= 11 is 3.25. The monoisotopic (exact) mass is 374 g/mol. The van der Waals surface area contributed by atoms with Crippen LogP contribution in [0.5, 0.6) is 0 Å². The molecule has 0 atom stereocenters. The average molecular weight is 375 g/mol. The lowest BCUT2D eigenvalue weighted by molar-refractivity contribution is 0.0929. The van der Waals surface area contributed by atoms with E-state index in [2.05, 4.69) is 26.5 Å². The second-order valence-corrected chi connectivity index (χ2v) is 5.83. The summed E-state index contributed by atoms with van der Waals surface area (Å²) in [5, 5.41) is 4.66. The zero-order valence-corrected chi connectivity index (χ0v) is 13.7. The number of hydrogen-bond acceptors (Lipinski definition) is 3. The van der Waals surface area contributed by atoms with Gasteiger partial charge in [0.2, 0.25) is 0 Å². The minimum atomic E-state index is -0.481. The van der Waals surface area contributed by atoms with Gasteiger partial charge in [0.25, 0.3) is 0 Å². The maximum absolute atomic E-state index is 13.6. The van der Waals surface area contributed by atoms with E-state index in [1.807, 2.05) is 18.2 Å². The van der Waals surface area contributed by atoms with Gasteiger partial charge in [0.1, 0.15) is 11.4 Å². The van der Waals surface area contributed by atoms with Gasteiger partial charge in [-0.05, 0) is 31.2 Å². The highest BCUT2D eigenvalue weighted by Gasteiger charge is 2.16. The van der Waals surface area contributed by atoms with Crippen LogP contribution in [0.15, 0.2) is 56.5 Å². The van der Waals surface area contributed by atoms with Gasteiger partial charge in [-0.3, -0.25) is 4.79 Å². The number of hydrazone groups is 1. The van der Waals surface area contributed by atoms with E-state index in [1.165, 1.54) is 12.3 Å². The van der Waals surface area contributed by atoms with Crippen LogP contribution in [0, 0.1) is 12.7 Å². The number of carbonyl (C=O) groups excluding carboxylic acids is 1. The number of nitrogens with one attached hydrogen (secondary N) is 1. The van der Waals surface area contributed by atoms with Crippen LogP contribution in [0.1, 0.15) is 21.7 Å². The largest absolute Gasteiger partial charge is 0.451 e. The first-order chi connectivity index (χ1) is 11.1. The molecule has 1 N–H and O–H groups in total. The van der Waals surface area contributed by atoms with Gasteiger partial charge in [-0.1, -0.05) is 34.1 Å². The second kappa shape index (κ2) is 6.34. The molecule has 0 fully saturated rings. The van der Waals surface area contributed by atoms with Gasteiger partial charge >= 0.3 is 5.91 Å². The fraction of sp³-hybridized carbons (Fsp3) is 0.0588. The van der Waals surface area contributed by atoms with Crippen molar-refractivity contribution in [2.24, 2.45) is 5.10 Å². The van der Waals surface area contributed by atoms with Crippen molar-refractivity contribution in [2.45, 2.75) is 6.92 Å². The van der Waals surface area contributed by atoms with E-state index in [0.717, 1.165) is 15.4 Å². The first kappa shape index (κ1) is 15.4. The number of nitrogens with zero attached hydrogens (tertiary/aromatic N) is 1. The minimum absolute atomic E-state index is 0.193. The molecule has 0 aliphatic carbocycles. The summed E-state index contributed by atoms with van der Waals surface area (Å²) in [6.45, 7) is 1.80. The van der Waals surface area contributed by atoms with Gasteiger partial charge in [-0.2, -0.15) is 5.10 Å². The SMILES string of the molecule is Cc1c(C(=O)N/N=C\c2cc(Br)ccc2F)oc2ccccc12. The highest BCUT2D eigenvalue weighted by Crippen LogP contribution is 2.24. The van der Waals surface area contributed by atoms with Gasteiger partial charge < -0.3 is 4.42 Å². The molecule has 0 unspecified atom stereocenters. The molecule has 6 heteroatoms. The minimum Gasteiger partial charge on any atom is -0.451 e. The molecule has 23 heavy (non-hydrogen) atoms. The fourth-order valence-corrected chi connectivity index (χ4v) is 2.59. The number of furan rings is 1. The number of halogens is 2. The number of aryl methyl sites for hydroxylation is 1. The number of carbonyl (C=O) groups is 1. The summed E-state index contributed by atoms with van der Waals surface area (Å²) in [6.07, 6.45) is 1.25. The molecule has 1 heterocycles. The molecule has 116 valence electrons. The molecule has 0 spiro atoms. The van der Waals surface area contributed by atoms with Gasteiger partial charge in [-0.15, -0.1) is 0 Å². The van der Waals surface area contributed by atoms with Crippen LogP contribution in [0.3, 0.4) is 0 Å². The van der Waals surface area contributed by atoms with E-state index >= 15 is 0 Å². The zero-order chi connectivity index (χ0) is 16.4. The highest BCUT2D eigenvalue weighted by atomic mass is 79.9. The number of fused-ring (bicyclic) bond motifs is 1. The summed E-state index contributed by atoms with van der Waals surface area (Å²) in [6, 6.07) is 11.9. The Balaban J connectivity index is 1.80. The Bertz CT molecular complexity index is 918. The fourth-order valence-electron chi connectivity index (χ4n) is 2.22. The maximum atomic E-state index is 13.6. The van der Waals surface area contributed by atoms with Crippen molar-refractivity contribution in [3.63, 3.8) is 0 Å². The molecule has 3 rings (SSSR count). The predicted octanol–water partition coefficient (Wildman–Crippen LogP) is 4.41. The van der Waals surface area contributed by atoms with Crippen LogP contribution in [0.25, 0.3) is 11.0 Å². The van der Waals surface area contributed by atoms with E-state index in [4.69, 9.17) is 4.42 Å². The molecule has 1 aromatic heterocycles. The quantitative estimate of drug-likeness (QED) is 0.545. The van der Waals surface area contributed by atoms with Crippen molar-refractivity contribution in [3.05, 3.63) is 69.6 Å². The number of hydrogen-bond donors (Lipinski definition) is 1. The third kappa shape index (κ3) is 3.17. The Hall–Kier alpha value is -2.47. The van der Waals surface area contributed by atoms with Crippen LogP contribution in [0.2, 0.25) is 0 Å². The molecule has 3 aromatic rings. The topological polar surface area (TPSA) is 54.6 Å². The number of para-hydroxylation sites is 1. The third-order valence-electron chi connectivity index (χ3n) is 3.38. The molecule has 0 aliphatic heterocycles. The third-order valence-corrected chi connectivity index (χ3v) is 3.87. The molecule has 4 nitrogen and oxygen atoms in total. The molecule has 0 radical (unpaired) electrons. The Morgan fingerprint density at radius 3 is 2.87 bits per heavy atom. The van der Waals surface area contributed by atoms with Crippen molar-refractivity contribution in [1.29, 1.82) is 0 Å². The van der Waals surface area contributed by atoms with E-state index in [1.54, 1.807) is 25.1 Å². The maximum Gasteiger partial charge on any atom is 0.307 e. The molecule has 1 amide bonds. The lowest BCUT2D eigenvalue weighted by atomic mass is 10.1. The standard InChI is InChI=1S/C17H12BrFN2O2/c1-10-13-4-2-3-5-15(13)23-16(10)17(22)21-20-9-11-8-12(18)6-7-14(11)19/h2-9H,1H3,(H,21,22)/b20-9-. The summed E-state index contributed by atoms with van der Waals surface area (Å²) in [4.78, 5) is 12.2. The van der Waals surface area contributed by atoms with E-state index in [0.29, 0.717) is 5.58 Å². The molecular weight excluding hydrogens is 363 g/mol. The summed E-state index contributed by atoms with van der Waals surface area (Å²) < 4.78 is 19.8. The first-order valence-electron chi connectivity index (χ1n) is 6.83. The lowest BCUT2D eigenvalue weighted by Crippen LogP contribution is -2.17. The van der Waals surface area contributed by atoms with E-state index in [-0.39, 0.29) is 11.3 Å². The molecule has 0 bridgehead atoms. The Morgan fingerprint density at radius 1 is 1.30 bits per heavy atom. The highest BCUT2D eigenvalue weighted by molar-refractivity contribution is 9.10. The number of rotatable bonds is 3. The molecule has 0 aliphatic rings. The van der Waals surface area contributed by atoms with Gasteiger partial charge in [0.05, 0.1) is 6.21 Å².